The second-order valence-electron chi connectivity index (χ2n) is 13.6. The van der Waals surface area contributed by atoms with Crippen LogP contribution in [-0.2, 0) is 26.5 Å². The quantitative estimate of drug-likeness (QED) is 0.123. The van der Waals surface area contributed by atoms with E-state index >= 15 is 0 Å². The third-order valence-electron chi connectivity index (χ3n) is 8.37. The number of aromatic nitrogens is 2. The number of furan rings is 1. The number of aryl methyl sites for hydroxylation is 2. The Morgan fingerprint density at radius 2 is 1.57 bits per heavy atom. The topological polar surface area (TPSA) is 38.9 Å². The molecule has 7 aromatic rings. The summed E-state index contributed by atoms with van der Waals surface area (Å²) < 4.78 is 44.1. The number of benzene rings is 4. The normalized spacial score (nSPS) is 12.5. The minimum Gasteiger partial charge on any atom is 0 e. The van der Waals surface area contributed by atoms with E-state index < -0.39 is 25.9 Å². The Hall–Kier alpha value is -3.90. The third-order valence-corrected chi connectivity index (χ3v) is 12.7. The van der Waals surface area contributed by atoms with Gasteiger partial charge in [-0.05, 0) is 29.8 Å². The van der Waals surface area contributed by atoms with E-state index in [-0.39, 0.29) is 31.2 Å². The molecule has 0 unspecified atom stereocenters. The van der Waals surface area contributed by atoms with Gasteiger partial charge < -0.3 is 9.40 Å². The van der Waals surface area contributed by atoms with Crippen LogP contribution in [0.4, 0.5) is 4.39 Å². The van der Waals surface area contributed by atoms with Crippen LogP contribution in [0, 0.1) is 37.6 Å². The summed E-state index contributed by atoms with van der Waals surface area (Å²) in [5.41, 5.74) is 8.94. The number of fused-ring (bicyclic) bond motifs is 3. The number of hydrogen-bond donors (Lipinski definition) is 0. The first-order chi connectivity index (χ1) is 24.2. The molecule has 1 radical (unpaired) electrons. The van der Waals surface area contributed by atoms with Crippen LogP contribution in [0.1, 0.15) is 34.7 Å². The number of hydrogen-bond acceptors (Lipinski definition) is 3. The summed E-state index contributed by atoms with van der Waals surface area (Å²) >= 11 is -2.08. The van der Waals surface area contributed by atoms with E-state index in [1.807, 2.05) is 60.9 Å². The van der Waals surface area contributed by atoms with Crippen LogP contribution in [-0.4, -0.2) is 23.2 Å². The van der Waals surface area contributed by atoms with Crippen molar-refractivity contribution in [2.24, 2.45) is 5.92 Å². The molecule has 0 bridgehead atoms. The molecule has 3 heterocycles. The van der Waals surface area contributed by atoms with Crippen molar-refractivity contribution in [1.82, 2.24) is 9.97 Å². The molecule has 0 amide bonds. The number of pyridine rings is 2. The van der Waals surface area contributed by atoms with Crippen LogP contribution < -0.4 is 4.40 Å². The largest absolute Gasteiger partial charge is 0 e. The molecule has 6 heteroatoms. The van der Waals surface area contributed by atoms with Gasteiger partial charge in [-0.1, -0.05) is 65.5 Å². The molecule has 0 aliphatic rings. The van der Waals surface area contributed by atoms with Gasteiger partial charge >= 0.3 is 140 Å². The van der Waals surface area contributed by atoms with Gasteiger partial charge in [0, 0.05) is 37.3 Å². The van der Waals surface area contributed by atoms with Gasteiger partial charge in [-0.15, -0.1) is 18.2 Å². The van der Waals surface area contributed by atoms with Gasteiger partial charge in [0.15, 0.2) is 0 Å². The Morgan fingerprint density at radius 1 is 0.857 bits per heavy atom. The molecular formula is C43H41FGeIrN2O-2. The number of halogens is 1. The molecule has 0 N–H and O–H groups in total. The predicted octanol–water partition coefficient (Wildman–Crippen LogP) is 11.2. The van der Waals surface area contributed by atoms with E-state index in [4.69, 9.17) is 13.5 Å². The van der Waals surface area contributed by atoms with Crippen molar-refractivity contribution in [3.8, 4) is 33.6 Å². The third kappa shape index (κ3) is 8.12. The maximum Gasteiger partial charge on any atom is 0 e. The molecule has 0 atom stereocenters. The van der Waals surface area contributed by atoms with E-state index in [0.29, 0.717) is 11.6 Å². The van der Waals surface area contributed by atoms with Gasteiger partial charge in [-0.25, -0.2) is 0 Å². The van der Waals surface area contributed by atoms with Crippen LogP contribution in [0.25, 0.3) is 55.6 Å². The molecule has 251 valence electrons. The van der Waals surface area contributed by atoms with Crippen molar-refractivity contribution in [3.05, 3.63) is 138 Å². The summed E-state index contributed by atoms with van der Waals surface area (Å²) in [4.78, 5) is 9.19. The van der Waals surface area contributed by atoms with Gasteiger partial charge in [-0.3, -0.25) is 0 Å². The predicted molar refractivity (Wildman–Crippen MR) is 201 cm³/mol. The van der Waals surface area contributed by atoms with Crippen LogP contribution in [0.5, 0.6) is 0 Å². The molecule has 0 aliphatic carbocycles. The molecule has 0 aliphatic heterocycles. The number of rotatable bonds is 6. The van der Waals surface area contributed by atoms with E-state index in [1.165, 1.54) is 27.2 Å². The first-order valence-corrected chi connectivity index (χ1v) is 23.6. The van der Waals surface area contributed by atoms with E-state index in [1.54, 1.807) is 0 Å². The zero-order chi connectivity index (χ0) is 36.5. The molecule has 0 saturated heterocycles. The van der Waals surface area contributed by atoms with Crippen molar-refractivity contribution in [2.45, 2.75) is 51.3 Å². The van der Waals surface area contributed by atoms with Crippen molar-refractivity contribution >= 4 is 39.6 Å². The summed E-state index contributed by atoms with van der Waals surface area (Å²) in [6.45, 7) is 4.11. The minimum absolute atomic E-state index is 0. The summed E-state index contributed by atoms with van der Waals surface area (Å²) in [6.07, 6.45) is 4.75. The van der Waals surface area contributed by atoms with Crippen LogP contribution >= 0.6 is 0 Å². The number of nitrogens with zero attached hydrogens (tertiary/aromatic N) is 2. The van der Waals surface area contributed by atoms with Crippen molar-refractivity contribution in [2.75, 3.05) is 0 Å². The molecule has 49 heavy (non-hydrogen) atoms. The second-order valence-corrected chi connectivity index (χ2v) is 24.2. The summed E-state index contributed by atoms with van der Waals surface area (Å²) in [7, 11) is 0. The van der Waals surface area contributed by atoms with E-state index in [2.05, 4.69) is 85.5 Å². The van der Waals surface area contributed by atoms with Gasteiger partial charge in [0.2, 0.25) is 0 Å². The molecule has 0 fully saturated rings. The molecule has 0 saturated carbocycles. The molecular weight excluding hydrogens is 844 g/mol. The SMILES string of the molecule is Cc1cc(-c2[c-]ccc3c2oc2ccccc23)ncc1-c1ccccc1.[2H]C([2H])([2H])c1c[c-]c(-c2cc(CC(C)C)[c]([Ge]([CH3])([CH3])[CH3])cn2)c(F)c1.[Ir]. The summed E-state index contributed by atoms with van der Waals surface area (Å²) in [6, 6.07) is 35.0. The average molecular weight is 889 g/mol. The Bertz CT molecular complexity index is 2330. The average Bonchev–Trinajstić information content (AvgIpc) is 3.47. The first kappa shape index (κ1) is 32.3. The Balaban J connectivity index is 0.000000198. The summed E-state index contributed by atoms with van der Waals surface area (Å²) in [5.74, 6) is 6.85. The zero-order valence-corrected chi connectivity index (χ0v) is 33.1. The standard InChI is InChI=1S/C24H16NO.C19H25FGeN.Ir/c1-16-14-22(25-15-21(16)17-8-3-2-4-9-17)20-12-7-11-19-18-10-5-6-13-23(18)26-24(19)20;1-13(2)9-15-11-19(22-12-18(15)21(4,5)6)16-8-7-14(3)10-17(16)20;/h2-11,13-15H,1H3;7,10-13H,9H2,1-6H3;/q2*-1;/i;3D3;. The Kier molecular flexibility index (Phi) is 10.1. The fraction of sp³-hybridized carbons (Fsp3) is 0.209. The maximum absolute atomic E-state index is 14.5. The molecule has 4 aromatic carbocycles. The Morgan fingerprint density at radius 3 is 2.27 bits per heavy atom. The van der Waals surface area contributed by atoms with Crippen LogP contribution in [0.3, 0.4) is 0 Å². The monoisotopic (exact) mass is 890 g/mol. The smallest absolute Gasteiger partial charge is 0 e. The van der Waals surface area contributed by atoms with Gasteiger partial charge in [0.25, 0.3) is 0 Å². The van der Waals surface area contributed by atoms with Gasteiger partial charge in [0.1, 0.15) is 5.58 Å². The number of para-hydroxylation sites is 1. The maximum atomic E-state index is 14.5. The first-order valence-electron chi connectivity index (χ1n) is 17.8. The molecule has 3 nitrogen and oxygen atoms in total. The fourth-order valence-electron chi connectivity index (χ4n) is 6.08. The van der Waals surface area contributed by atoms with E-state index in [0.717, 1.165) is 51.2 Å². The molecule has 3 aromatic heterocycles. The second kappa shape index (κ2) is 15.3. The van der Waals surface area contributed by atoms with E-state index in [9.17, 15) is 4.39 Å². The summed E-state index contributed by atoms with van der Waals surface area (Å²) in [5, 5.41) is 2.22. The van der Waals surface area contributed by atoms with Crippen molar-refractivity contribution in [3.63, 3.8) is 0 Å². The van der Waals surface area contributed by atoms with Gasteiger partial charge in [-0.2, -0.15) is 0 Å². The van der Waals surface area contributed by atoms with Crippen LogP contribution in [0.15, 0.2) is 108 Å². The van der Waals surface area contributed by atoms with Crippen molar-refractivity contribution < 1.29 is 33.0 Å². The fourth-order valence-corrected chi connectivity index (χ4v) is 9.41. The van der Waals surface area contributed by atoms with Crippen LogP contribution in [0.2, 0.25) is 17.3 Å². The molecule has 0 spiro atoms. The minimum atomic E-state index is -2.34. The van der Waals surface area contributed by atoms with Crippen molar-refractivity contribution in [1.29, 1.82) is 0 Å². The molecule has 7 rings (SSSR count). The zero-order valence-electron chi connectivity index (χ0n) is 31.6. The Labute approximate surface area is 310 Å². The van der Waals surface area contributed by atoms with Gasteiger partial charge in [0.05, 0.1) is 5.58 Å².